The Balaban J connectivity index is 2.68. The minimum atomic E-state index is -1.04. The van der Waals surface area contributed by atoms with Crippen molar-refractivity contribution >= 4 is 17.7 Å². The average molecular weight is 272 g/mol. The third-order valence-corrected chi connectivity index (χ3v) is 2.49. The summed E-state index contributed by atoms with van der Waals surface area (Å²) >= 11 is 0. The molecule has 1 unspecified atom stereocenters. The molecule has 1 aromatic rings. The van der Waals surface area contributed by atoms with Gasteiger partial charge in [0, 0.05) is 19.7 Å². The van der Waals surface area contributed by atoms with Gasteiger partial charge in [-0.05, 0) is 12.1 Å². The number of nitrogens with one attached hydrogen (secondary N) is 1. The van der Waals surface area contributed by atoms with Gasteiger partial charge in [-0.1, -0.05) is 6.92 Å². The van der Waals surface area contributed by atoms with Crippen molar-refractivity contribution in [3.05, 3.63) is 29.8 Å². The SMILES string of the molecule is CC(CN(C)C(=O)Nc1cc(F)ccc1F)C(=O)O. The molecule has 2 N–H and O–H groups in total. The Morgan fingerprint density at radius 3 is 2.63 bits per heavy atom. The van der Waals surface area contributed by atoms with Crippen LogP contribution in [-0.4, -0.2) is 35.6 Å². The minimum Gasteiger partial charge on any atom is -0.481 e. The fourth-order valence-electron chi connectivity index (χ4n) is 1.38. The second-order valence-corrected chi connectivity index (χ2v) is 4.17. The van der Waals surface area contributed by atoms with Gasteiger partial charge < -0.3 is 15.3 Å². The van der Waals surface area contributed by atoms with E-state index in [-0.39, 0.29) is 12.2 Å². The third-order valence-electron chi connectivity index (χ3n) is 2.49. The lowest BCUT2D eigenvalue weighted by Gasteiger charge is -2.20. The first-order valence-corrected chi connectivity index (χ1v) is 5.51. The van der Waals surface area contributed by atoms with E-state index in [0.29, 0.717) is 0 Å². The predicted molar refractivity (Wildman–Crippen MR) is 64.8 cm³/mol. The number of benzene rings is 1. The van der Waals surface area contributed by atoms with Crippen LogP contribution in [0.5, 0.6) is 0 Å². The Hall–Kier alpha value is -2.18. The normalized spacial score (nSPS) is 11.8. The van der Waals surface area contributed by atoms with E-state index in [1.54, 1.807) is 0 Å². The molecule has 1 aromatic carbocycles. The topological polar surface area (TPSA) is 69.6 Å². The van der Waals surface area contributed by atoms with E-state index >= 15 is 0 Å². The molecule has 0 heterocycles. The van der Waals surface area contributed by atoms with Crippen molar-refractivity contribution in [1.82, 2.24) is 4.90 Å². The molecule has 0 aliphatic rings. The molecule has 0 aliphatic heterocycles. The number of carbonyl (C=O) groups excluding carboxylic acids is 1. The van der Waals surface area contributed by atoms with Crippen LogP contribution >= 0.6 is 0 Å². The highest BCUT2D eigenvalue weighted by atomic mass is 19.1. The van der Waals surface area contributed by atoms with Crippen LogP contribution in [0, 0.1) is 17.6 Å². The zero-order chi connectivity index (χ0) is 14.6. The number of carbonyl (C=O) groups is 2. The third kappa shape index (κ3) is 4.20. The Bertz CT molecular complexity index is 494. The van der Waals surface area contributed by atoms with Crippen LogP contribution in [-0.2, 0) is 4.79 Å². The average Bonchev–Trinajstić information content (AvgIpc) is 2.33. The van der Waals surface area contributed by atoms with Gasteiger partial charge in [-0.2, -0.15) is 0 Å². The van der Waals surface area contributed by atoms with E-state index in [9.17, 15) is 18.4 Å². The first-order valence-electron chi connectivity index (χ1n) is 5.51. The monoisotopic (exact) mass is 272 g/mol. The van der Waals surface area contributed by atoms with Gasteiger partial charge in [0.2, 0.25) is 0 Å². The van der Waals surface area contributed by atoms with Crippen LogP contribution in [0.4, 0.5) is 19.3 Å². The minimum absolute atomic E-state index is 0.0436. The number of hydrogen-bond acceptors (Lipinski definition) is 2. The largest absolute Gasteiger partial charge is 0.481 e. The fourth-order valence-corrected chi connectivity index (χ4v) is 1.38. The molecule has 104 valence electrons. The maximum Gasteiger partial charge on any atom is 0.321 e. The molecule has 2 amide bonds. The van der Waals surface area contributed by atoms with Crippen LogP contribution in [0.2, 0.25) is 0 Å². The Morgan fingerprint density at radius 2 is 2.05 bits per heavy atom. The van der Waals surface area contributed by atoms with Crippen molar-refractivity contribution in [1.29, 1.82) is 0 Å². The zero-order valence-electron chi connectivity index (χ0n) is 10.5. The van der Waals surface area contributed by atoms with E-state index in [0.717, 1.165) is 23.1 Å². The smallest absolute Gasteiger partial charge is 0.321 e. The number of nitrogens with zero attached hydrogens (tertiary/aromatic N) is 1. The zero-order valence-corrected chi connectivity index (χ0v) is 10.5. The molecule has 1 rings (SSSR count). The van der Waals surface area contributed by atoms with Crippen LogP contribution in [0.1, 0.15) is 6.92 Å². The first kappa shape index (κ1) is 14.9. The molecule has 1 atom stereocenters. The quantitative estimate of drug-likeness (QED) is 0.882. The van der Waals surface area contributed by atoms with Crippen LogP contribution in [0.25, 0.3) is 0 Å². The number of hydrogen-bond donors (Lipinski definition) is 2. The lowest BCUT2D eigenvalue weighted by atomic mass is 10.2. The van der Waals surface area contributed by atoms with Crippen LogP contribution in [0.3, 0.4) is 0 Å². The molecule has 0 saturated heterocycles. The maximum atomic E-state index is 13.3. The second-order valence-electron chi connectivity index (χ2n) is 4.17. The summed E-state index contributed by atoms with van der Waals surface area (Å²) in [5, 5.41) is 10.9. The summed E-state index contributed by atoms with van der Waals surface area (Å²) in [5.74, 6) is -3.25. The van der Waals surface area contributed by atoms with Crippen LogP contribution < -0.4 is 5.32 Å². The number of rotatable bonds is 4. The number of amides is 2. The van der Waals surface area contributed by atoms with Crippen molar-refractivity contribution in [2.45, 2.75) is 6.92 Å². The van der Waals surface area contributed by atoms with Gasteiger partial charge in [-0.3, -0.25) is 4.79 Å². The number of anilines is 1. The summed E-state index contributed by atoms with van der Waals surface area (Å²) in [7, 11) is 1.37. The molecule has 0 aromatic heterocycles. The van der Waals surface area contributed by atoms with Crippen molar-refractivity contribution in [3.8, 4) is 0 Å². The fraction of sp³-hybridized carbons (Fsp3) is 0.333. The lowest BCUT2D eigenvalue weighted by Crippen LogP contribution is -2.36. The number of carboxylic acids is 1. The summed E-state index contributed by atoms with van der Waals surface area (Å²) in [5.41, 5.74) is -0.292. The summed E-state index contributed by atoms with van der Waals surface area (Å²) in [6.07, 6.45) is 0. The number of urea groups is 1. The summed E-state index contributed by atoms with van der Waals surface area (Å²) in [6.45, 7) is 1.40. The Labute approximate surface area is 108 Å². The van der Waals surface area contributed by atoms with E-state index in [1.807, 2.05) is 0 Å². The van der Waals surface area contributed by atoms with Gasteiger partial charge in [0.05, 0.1) is 11.6 Å². The molecular formula is C12H14F2N2O3. The van der Waals surface area contributed by atoms with E-state index in [2.05, 4.69) is 5.32 Å². The molecule has 0 aliphatic carbocycles. The lowest BCUT2D eigenvalue weighted by molar-refractivity contribution is -0.141. The molecule has 5 nitrogen and oxygen atoms in total. The van der Waals surface area contributed by atoms with E-state index in [4.69, 9.17) is 5.11 Å². The highest BCUT2D eigenvalue weighted by molar-refractivity contribution is 5.89. The van der Waals surface area contributed by atoms with Crippen molar-refractivity contribution in [3.63, 3.8) is 0 Å². The first-order chi connectivity index (χ1) is 8.81. The maximum absolute atomic E-state index is 13.3. The van der Waals surface area contributed by atoms with Gasteiger partial charge in [0.1, 0.15) is 11.6 Å². The molecule has 0 radical (unpaired) electrons. The molecule has 0 bridgehead atoms. The standard InChI is InChI=1S/C12H14F2N2O3/c1-7(11(17)18)6-16(2)12(19)15-10-5-8(13)3-4-9(10)14/h3-5,7H,6H2,1-2H3,(H,15,19)(H,17,18). The van der Waals surface area contributed by atoms with Gasteiger partial charge in [-0.15, -0.1) is 0 Å². The summed E-state index contributed by atoms with van der Waals surface area (Å²) in [6, 6.07) is 1.96. The second kappa shape index (κ2) is 6.12. The summed E-state index contributed by atoms with van der Waals surface area (Å²) < 4.78 is 26.2. The summed E-state index contributed by atoms with van der Waals surface area (Å²) in [4.78, 5) is 23.4. The molecular weight excluding hydrogens is 258 g/mol. The van der Waals surface area contributed by atoms with Gasteiger partial charge >= 0.3 is 12.0 Å². The molecule has 19 heavy (non-hydrogen) atoms. The number of halogens is 2. The van der Waals surface area contributed by atoms with Crippen molar-refractivity contribution in [2.75, 3.05) is 18.9 Å². The van der Waals surface area contributed by atoms with E-state index in [1.165, 1.54) is 14.0 Å². The molecule has 7 heteroatoms. The molecule has 0 spiro atoms. The molecule has 0 fully saturated rings. The van der Waals surface area contributed by atoms with Gasteiger partial charge in [-0.25, -0.2) is 13.6 Å². The number of carboxylic acid groups (broad SMARTS) is 1. The Kier molecular flexibility index (Phi) is 4.80. The van der Waals surface area contributed by atoms with Crippen molar-refractivity contribution < 1.29 is 23.5 Å². The highest BCUT2D eigenvalue weighted by Crippen LogP contribution is 2.15. The van der Waals surface area contributed by atoms with Crippen LogP contribution in [0.15, 0.2) is 18.2 Å². The van der Waals surface area contributed by atoms with Crippen molar-refractivity contribution in [2.24, 2.45) is 5.92 Å². The van der Waals surface area contributed by atoms with Gasteiger partial charge in [0.15, 0.2) is 0 Å². The highest BCUT2D eigenvalue weighted by Gasteiger charge is 2.18. The number of aliphatic carboxylic acids is 1. The van der Waals surface area contributed by atoms with Gasteiger partial charge in [0.25, 0.3) is 0 Å². The Morgan fingerprint density at radius 1 is 1.42 bits per heavy atom. The van der Waals surface area contributed by atoms with E-state index < -0.39 is 29.6 Å². The predicted octanol–water partition coefficient (Wildman–Crippen LogP) is 2.15. The molecule has 0 saturated carbocycles.